The highest BCUT2D eigenvalue weighted by Crippen LogP contribution is 2.37. The predicted octanol–water partition coefficient (Wildman–Crippen LogP) is -0.275. The molecule has 1 amide bonds. The molecule has 126 valence electrons. The number of sulfonamides is 1. The summed E-state index contributed by atoms with van der Waals surface area (Å²) in [5, 5.41) is 5.27. The molecule has 23 heavy (non-hydrogen) atoms. The van der Waals surface area contributed by atoms with E-state index in [1.165, 1.54) is 13.2 Å². The van der Waals surface area contributed by atoms with Gasteiger partial charge in [-0.05, 0) is 23.6 Å². The molecular weight excluding hydrogens is 318 g/mol. The fraction of sp³-hybridized carbons (Fsp3) is 0.533. The van der Waals surface area contributed by atoms with Crippen molar-refractivity contribution >= 4 is 15.9 Å². The second-order valence-corrected chi connectivity index (χ2v) is 7.81. The van der Waals surface area contributed by atoms with E-state index >= 15 is 0 Å². The predicted molar refractivity (Wildman–Crippen MR) is 83.9 cm³/mol. The third-order valence-corrected chi connectivity index (χ3v) is 5.78. The molecule has 0 bridgehead atoms. The largest absolute Gasteiger partial charge is 0.368 e. The van der Waals surface area contributed by atoms with Gasteiger partial charge < -0.3 is 15.4 Å². The van der Waals surface area contributed by atoms with Crippen molar-refractivity contribution < 1.29 is 17.9 Å². The second-order valence-electron chi connectivity index (χ2n) is 6.28. The van der Waals surface area contributed by atoms with Crippen LogP contribution in [-0.2, 0) is 32.5 Å². The molecule has 1 aromatic carbocycles. The van der Waals surface area contributed by atoms with Crippen molar-refractivity contribution in [3.05, 3.63) is 29.3 Å². The number of ether oxygens (including phenoxy) is 1. The van der Waals surface area contributed by atoms with Gasteiger partial charge in [0.2, 0.25) is 10.0 Å². The Morgan fingerprint density at radius 3 is 2.65 bits per heavy atom. The van der Waals surface area contributed by atoms with Crippen molar-refractivity contribution in [1.82, 2.24) is 4.90 Å². The maximum Gasteiger partial charge on any atom is 0.255 e. The first-order valence-corrected chi connectivity index (χ1v) is 9.05. The number of primary sulfonamides is 1. The number of rotatable bonds is 3. The Morgan fingerprint density at radius 1 is 1.39 bits per heavy atom. The average Bonchev–Trinajstić information content (AvgIpc) is 2.48. The molecule has 4 N–H and O–H groups in total. The van der Waals surface area contributed by atoms with Crippen LogP contribution in [-0.4, -0.2) is 44.5 Å². The smallest absolute Gasteiger partial charge is 0.255 e. The van der Waals surface area contributed by atoms with E-state index < -0.39 is 15.6 Å². The van der Waals surface area contributed by atoms with Gasteiger partial charge in [-0.1, -0.05) is 12.1 Å². The van der Waals surface area contributed by atoms with E-state index in [4.69, 9.17) is 15.6 Å². The van der Waals surface area contributed by atoms with Gasteiger partial charge in [-0.15, -0.1) is 0 Å². The molecule has 0 unspecified atom stereocenters. The summed E-state index contributed by atoms with van der Waals surface area (Å²) in [5.41, 5.74) is 6.50. The highest BCUT2D eigenvalue weighted by molar-refractivity contribution is 7.89. The van der Waals surface area contributed by atoms with Crippen molar-refractivity contribution in [3.8, 4) is 0 Å². The van der Waals surface area contributed by atoms with Gasteiger partial charge in [-0.3, -0.25) is 4.79 Å². The van der Waals surface area contributed by atoms with E-state index in [1.54, 1.807) is 11.0 Å². The second kappa shape index (κ2) is 5.55. The van der Waals surface area contributed by atoms with Gasteiger partial charge in [0.25, 0.3) is 5.91 Å². The molecule has 1 saturated carbocycles. The van der Waals surface area contributed by atoms with Gasteiger partial charge >= 0.3 is 0 Å². The number of carbonyl (C=O) groups excluding carboxylic acids is 1. The van der Waals surface area contributed by atoms with Crippen LogP contribution in [0, 0.1) is 0 Å². The lowest BCUT2D eigenvalue weighted by molar-refractivity contribution is -0.169. The molecule has 0 radical (unpaired) electrons. The van der Waals surface area contributed by atoms with Gasteiger partial charge in [-0.2, -0.15) is 0 Å². The molecule has 1 aliphatic carbocycles. The molecule has 0 aromatic heterocycles. The lowest BCUT2D eigenvalue weighted by atomic mass is 9.74. The zero-order valence-electron chi connectivity index (χ0n) is 13.0. The quantitative estimate of drug-likeness (QED) is 0.786. The summed E-state index contributed by atoms with van der Waals surface area (Å²) in [6, 6.07) is 4.98. The molecular formula is C15H21N3O4S. The zero-order chi connectivity index (χ0) is 16.8. The van der Waals surface area contributed by atoms with E-state index in [-0.39, 0.29) is 16.8 Å². The normalized spacial score (nSPS) is 27.3. The third kappa shape index (κ3) is 2.76. The van der Waals surface area contributed by atoms with Crippen LogP contribution < -0.4 is 10.9 Å². The van der Waals surface area contributed by atoms with E-state index in [0.717, 1.165) is 5.56 Å². The van der Waals surface area contributed by atoms with Gasteiger partial charge in [0.15, 0.2) is 0 Å². The average molecular weight is 339 g/mol. The Labute approximate surface area is 135 Å². The van der Waals surface area contributed by atoms with Gasteiger partial charge in [0.05, 0.1) is 4.90 Å². The molecule has 1 heterocycles. The summed E-state index contributed by atoms with van der Waals surface area (Å²) in [5.74, 6) is -0.0756. The fourth-order valence-electron chi connectivity index (χ4n) is 3.52. The summed E-state index contributed by atoms with van der Waals surface area (Å²) in [6.07, 6.45) is 1.49. The van der Waals surface area contributed by atoms with Gasteiger partial charge in [-0.25, -0.2) is 13.6 Å². The van der Waals surface area contributed by atoms with Crippen LogP contribution in [0.25, 0.3) is 0 Å². The molecule has 1 aromatic rings. The van der Waals surface area contributed by atoms with Crippen LogP contribution in [0.5, 0.6) is 0 Å². The van der Waals surface area contributed by atoms with Crippen LogP contribution in [0.2, 0.25) is 0 Å². The number of benzene rings is 1. The van der Waals surface area contributed by atoms with Crippen molar-refractivity contribution in [3.63, 3.8) is 0 Å². The first kappa shape index (κ1) is 16.4. The Kier molecular flexibility index (Phi) is 3.96. The molecule has 8 heteroatoms. The number of methoxy groups -OCH3 is 1. The minimum Gasteiger partial charge on any atom is -0.368 e. The van der Waals surface area contributed by atoms with Crippen LogP contribution in [0.15, 0.2) is 23.1 Å². The van der Waals surface area contributed by atoms with Gasteiger partial charge in [0.1, 0.15) is 5.60 Å². The molecule has 7 nitrogen and oxygen atoms in total. The SMILES string of the molecule is COC1(C(=O)N2CCc3c(cccc3S(N)(=O)=O)C2)CC(N)C1. The van der Waals surface area contributed by atoms with Gasteiger partial charge in [0, 0.05) is 39.1 Å². The molecule has 3 rings (SSSR count). The molecule has 1 aliphatic heterocycles. The van der Waals surface area contributed by atoms with E-state index in [0.29, 0.717) is 37.9 Å². The number of nitrogens with two attached hydrogens (primary N) is 2. The maximum atomic E-state index is 12.8. The monoisotopic (exact) mass is 339 g/mol. The summed E-state index contributed by atoms with van der Waals surface area (Å²) >= 11 is 0. The fourth-order valence-corrected chi connectivity index (χ4v) is 4.36. The minimum atomic E-state index is -3.76. The van der Waals surface area contributed by atoms with E-state index in [9.17, 15) is 13.2 Å². The number of nitrogens with zero attached hydrogens (tertiary/aromatic N) is 1. The standard InChI is InChI=1S/C15H21N3O4S/c1-22-15(7-11(16)8-15)14(19)18-6-5-12-10(9-18)3-2-4-13(12)23(17,20)21/h2-4,11H,5-9,16H2,1H3,(H2,17,20,21). The number of hydrogen-bond acceptors (Lipinski definition) is 5. The highest BCUT2D eigenvalue weighted by atomic mass is 32.2. The summed E-state index contributed by atoms with van der Waals surface area (Å²) in [6.45, 7) is 0.802. The zero-order valence-corrected chi connectivity index (χ0v) is 13.8. The van der Waals surface area contributed by atoms with Crippen molar-refractivity contribution in [2.45, 2.75) is 42.3 Å². The maximum absolute atomic E-state index is 12.8. The Balaban J connectivity index is 1.86. The van der Waals surface area contributed by atoms with Crippen LogP contribution in [0.1, 0.15) is 24.0 Å². The Hall–Kier alpha value is -1.48. The van der Waals surface area contributed by atoms with Crippen molar-refractivity contribution in [2.75, 3.05) is 13.7 Å². The number of amides is 1. The third-order valence-electron chi connectivity index (χ3n) is 4.78. The molecule has 2 aliphatic rings. The van der Waals surface area contributed by atoms with Crippen molar-refractivity contribution in [1.29, 1.82) is 0 Å². The lowest BCUT2D eigenvalue weighted by Gasteiger charge is -2.46. The molecule has 0 spiro atoms. The van der Waals surface area contributed by atoms with Crippen LogP contribution >= 0.6 is 0 Å². The summed E-state index contributed by atoms with van der Waals surface area (Å²) in [4.78, 5) is 14.6. The topological polar surface area (TPSA) is 116 Å². The molecule has 0 saturated heterocycles. The molecule has 0 atom stereocenters. The Bertz CT molecular complexity index is 741. The lowest BCUT2D eigenvalue weighted by Crippen LogP contribution is -2.62. The van der Waals surface area contributed by atoms with Crippen LogP contribution in [0.4, 0.5) is 0 Å². The Morgan fingerprint density at radius 2 is 2.09 bits per heavy atom. The number of carbonyl (C=O) groups is 1. The van der Waals surface area contributed by atoms with E-state index in [2.05, 4.69) is 0 Å². The first-order valence-electron chi connectivity index (χ1n) is 7.50. The number of fused-ring (bicyclic) bond motifs is 1. The first-order chi connectivity index (χ1) is 10.8. The minimum absolute atomic E-state index is 0.00929. The molecule has 1 fully saturated rings. The summed E-state index contributed by atoms with van der Waals surface area (Å²) < 4.78 is 28.8. The number of hydrogen-bond donors (Lipinski definition) is 2. The summed E-state index contributed by atoms with van der Waals surface area (Å²) in [7, 11) is -2.23. The van der Waals surface area contributed by atoms with Crippen molar-refractivity contribution in [2.24, 2.45) is 10.9 Å². The highest BCUT2D eigenvalue weighted by Gasteiger charge is 2.51. The van der Waals surface area contributed by atoms with E-state index in [1.807, 2.05) is 6.07 Å². The van der Waals surface area contributed by atoms with Crippen LogP contribution in [0.3, 0.4) is 0 Å².